The molecule has 0 saturated heterocycles. The highest BCUT2D eigenvalue weighted by atomic mass is 32.2. The first-order valence-electron chi connectivity index (χ1n) is 9.99. The van der Waals surface area contributed by atoms with Crippen molar-refractivity contribution in [3.63, 3.8) is 0 Å². The van der Waals surface area contributed by atoms with Crippen molar-refractivity contribution < 1.29 is 4.21 Å². The van der Waals surface area contributed by atoms with Gasteiger partial charge in [0.1, 0.15) is 0 Å². The Morgan fingerprint density at radius 3 is 0.962 bits per heavy atom. The Balaban J connectivity index is 3.34. The quantitative estimate of drug-likeness (QED) is 0.488. The molecule has 2 heteroatoms. The lowest BCUT2D eigenvalue weighted by atomic mass is 9.55. The molecule has 0 atom stereocenters. The maximum absolute atomic E-state index is 13.7. The van der Waals surface area contributed by atoms with Gasteiger partial charge < -0.3 is 0 Å². The van der Waals surface area contributed by atoms with Gasteiger partial charge in [-0.25, -0.2) is 4.21 Å². The van der Waals surface area contributed by atoms with Crippen molar-refractivity contribution in [2.45, 2.75) is 96.9 Å². The second-order valence-electron chi connectivity index (χ2n) is 12.3. The largest absolute Gasteiger partial charge is 0.250 e. The third-order valence-electron chi connectivity index (χ3n) is 8.89. The minimum absolute atomic E-state index is 0.00840. The van der Waals surface area contributed by atoms with Crippen molar-refractivity contribution in [2.24, 2.45) is 32.5 Å². The fraction of sp³-hybridized carbons (Fsp3) is 0.833. The Bertz CT molecular complexity index is 585. The van der Waals surface area contributed by atoms with E-state index >= 15 is 0 Å². The standard InChI is InChI=1S/C24H44OS/c1-19(2,3)23(11,12)21(7,8)17-15-16-18(26(17)25)22(9,10)24(13,14)20(4,5)6/h15-16H,1-14H3. The van der Waals surface area contributed by atoms with Crippen LogP contribution in [0.5, 0.6) is 0 Å². The molecule has 0 amide bonds. The molecule has 1 rings (SSSR count). The molecule has 0 spiro atoms. The van der Waals surface area contributed by atoms with Crippen LogP contribution in [0, 0.1) is 32.5 Å². The average molecular weight is 381 g/mol. The van der Waals surface area contributed by atoms with E-state index in [2.05, 4.69) is 109 Å². The Morgan fingerprint density at radius 2 is 0.769 bits per heavy atom. The minimum Gasteiger partial charge on any atom is -0.250 e. The first-order chi connectivity index (χ1) is 11.1. The van der Waals surface area contributed by atoms with Gasteiger partial charge in [0.05, 0.1) is 10.8 Å². The van der Waals surface area contributed by atoms with Crippen LogP contribution in [0.25, 0.3) is 0 Å². The van der Waals surface area contributed by atoms with Crippen molar-refractivity contribution in [2.75, 3.05) is 0 Å². The summed E-state index contributed by atoms with van der Waals surface area (Å²) in [5.74, 6) is 0. The molecule has 0 fully saturated rings. The molecule has 1 heterocycles. The summed E-state index contributed by atoms with van der Waals surface area (Å²) in [6, 6.07) is 0. The Hall–Kier alpha value is -0.370. The van der Waals surface area contributed by atoms with E-state index in [0.29, 0.717) is 0 Å². The highest BCUT2D eigenvalue weighted by Gasteiger charge is 2.54. The van der Waals surface area contributed by atoms with Crippen LogP contribution in [-0.2, 0) is 10.8 Å². The normalized spacial score (nSPS) is 18.8. The molecule has 0 aromatic heterocycles. The fourth-order valence-electron chi connectivity index (χ4n) is 3.76. The van der Waals surface area contributed by atoms with Gasteiger partial charge >= 0.3 is 0 Å². The molecule has 0 radical (unpaired) electrons. The van der Waals surface area contributed by atoms with Gasteiger partial charge in [-0.05, 0) is 33.8 Å². The van der Waals surface area contributed by atoms with Crippen molar-refractivity contribution in [3.05, 3.63) is 22.0 Å². The van der Waals surface area contributed by atoms with Crippen LogP contribution < -0.4 is 0 Å². The van der Waals surface area contributed by atoms with E-state index in [-0.39, 0.29) is 32.5 Å². The zero-order valence-corrected chi connectivity index (χ0v) is 20.8. The molecule has 0 aliphatic carbocycles. The number of allylic oxidation sites excluding steroid dienone is 4. The molecule has 1 aliphatic rings. The van der Waals surface area contributed by atoms with Gasteiger partial charge in [0.15, 0.2) is 0 Å². The summed E-state index contributed by atoms with van der Waals surface area (Å²) in [6.45, 7) is 32.0. The van der Waals surface area contributed by atoms with Crippen LogP contribution in [0.2, 0.25) is 0 Å². The van der Waals surface area contributed by atoms with E-state index in [1.807, 2.05) is 0 Å². The topological polar surface area (TPSA) is 17.1 Å². The molecule has 26 heavy (non-hydrogen) atoms. The van der Waals surface area contributed by atoms with Crippen molar-refractivity contribution in [3.8, 4) is 0 Å². The van der Waals surface area contributed by atoms with E-state index in [9.17, 15) is 4.21 Å². The van der Waals surface area contributed by atoms with E-state index in [0.717, 1.165) is 9.81 Å². The molecule has 0 aromatic rings. The van der Waals surface area contributed by atoms with Gasteiger partial charge in [0.2, 0.25) is 0 Å². The Morgan fingerprint density at radius 1 is 0.538 bits per heavy atom. The van der Waals surface area contributed by atoms with E-state index in [4.69, 9.17) is 0 Å². The molecule has 0 aromatic carbocycles. The summed E-state index contributed by atoms with van der Waals surface area (Å²) < 4.78 is 13.7. The van der Waals surface area contributed by atoms with E-state index in [1.165, 1.54) is 0 Å². The predicted octanol–water partition coefficient (Wildman–Crippen LogP) is 7.71. The molecule has 1 aliphatic heterocycles. The van der Waals surface area contributed by atoms with Crippen LogP contribution >= 0.6 is 0 Å². The third-order valence-corrected chi connectivity index (χ3v) is 11.0. The van der Waals surface area contributed by atoms with Crippen LogP contribution in [0.15, 0.2) is 22.0 Å². The highest BCUT2D eigenvalue weighted by molar-refractivity contribution is 7.93. The lowest BCUT2D eigenvalue weighted by molar-refractivity contribution is 0.0210. The minimum atomic E-state index is -1.08. The lowest BCUT2D eigenvalue weighted by Gasteiger charge is -2.53. The summed E-state index contributed by atoms with van der Waals surface area (Å²) >= 11 is 0. The molecule has 1 nitrogen and oxygen atoms in total. The first-order valence-corrected chi connectivity index (χ1v) is 11.1. The van der Waals surface area contributed by atoms with Crippen LogP contribution in [0.3, 0.4) is 0 Å². The predicted molar refractivity (Wildman–Crippen MR) is 118 cm³/mol. The zero-order valence-electron chi connectivity index (χ0n) is 20.0. The molecular weight excluding hydrogens is 336 g/mol. The summed E-state index contributed by atoms with van der Waals surface area (Å²) in [5.41, 5.74) is -0.0649. The molecule has 152 valence electrons. The van der Waals surface area contributed by atoms with Crippen LogP contribution in [0.4, 0.5) is 0 Å². The van der Waals surface area contributed by atoms with Gasteiger partial charge in [-0.15, -0.1) is 0 Å². The monoisotopic (exact) mass is 380 g/mol. The van der Waals surface area contributed by atoms with E-state index in [1.54, 1.807) is 0 Å². The van der Waals surface area contributed by atoms with Crippen LogP contribution in [0.1, 0.15) is 96.9 Å². The second kappa shape index (κ2) is 6.33. The molecule has 0 N–H and O–H groups in total. The van der Waals surface area contributed by atoms with E-state index < -0.39 is 10.8 Å². The lowest BCUT2D eigenvalue weighted by Crippen LogP contribution is -2.46. The Labute approximate surface area is 166 Å². The molecular formula is C24H44OS. The third kappa shape index (κ3) is 3.29. The van der Waals surface area contributed by atoms with Gasteiger partial charge in [0.25, 0.3) is 0 Å². The highest BCUT2D eigenvalue weighted by Crippen LogP contribution is 2.60. The molecule has 0 saturated carbocycles. The Kier molecular flexibility index (Phi) is 5.76. The smallest absolute Gasteiger partial charge is 0.0778 e. The van der Waals surface area contributed by atoms with Gasteiger partial charge in [-0.1, -0.05) is 96.9 Å². The van der Waals surface area contributed by atoms with Crippen molar-refractivity contribution >= 4 is 10.8 Å². The number of hydrogen-bond acceptors (Lipinski definition) is 1. The number of rotatable bonds is 4. The first kappa shape index (κ1) is 23.7. The SMILES string of the molecule is CC(C)(C)C(C)(C)C(C)(C)C1=CC=C(C(C)(C)C(C)(C)C(C)(C)C)S1=O. The summed E-state index contributed by atoms with van der Waals surface area (Å²) in [4.78, 5) is 2.15. The summed E-state index contributed by atoms with van der Waals surface area (Å²) in [6.07, 6.45) is 4.30. The van der Waals surface area contributed by atoms with Crippen LogP contribution in [-0.4, -0.2) is 4.21 Å². The molecule has 0 bridgehead atoms. The summed E-state index contributed by atoms with van der Waals surface area (Å²) in [7, 11) is -1.08. The van der Waals surface area contributed by atoms with Gasteiger partial charge in [-0.2, -0.15) is 0 Å². The average Bonchev–Trinajstić information content (AvgIpc) is 2.78. The summed E-state index contributed by atoms with van der Waals surface area (Å²) in [5, 5.41) is 0. The molecule has 0 unspecified atom stereocenters. The second-order valence-corrected chi connectivity index (χ2v) is 13.7. The fourth-order valence-corrected chi connectivity index (χ4v) is 5.82. The van der Waals surface area contributed by atoms with Gasteiger partial charge in [-0.3, -0.25) is 0 Å². The number of hydrogen-bond donors (Lipinski definition) is 0. The maximum Gasteiger partial charge on any atom is 0.0778 e. The van der Waals surface area contributed by atoms with Crippen molar-refractivity contribution in [1.29, 1.82) is 0 Å². The zero-order chi connectivity index (χ0) is 21.1. The maximum atomic E-state index is 13.7. The van der Waals surface area contributed by atoms with Crippen molar-refractivity contribution in [1.82, 2.24) is 0 Å². The van der Waals surface area contributed by atoms with Gasteiger partial charge in [0, 0.05) is 20.6 Å².